The topological polar surface area (TPSA) is 74.6 Å². The molecular weight excluding hydrogens is 300 g/mol. The summed E-state index contributed by atoms with van der Waals surface area (Å²) in [4.78, 5) is -0.0505. The second kappa shape index (κ2) is 5.32. The zero-order chi connectivity index (χ0) is 16.8. The molecule has 22 heavy (non-hydrogen) atoms. The molecule has 118 valence electrons. The first-order valence-electron chi connectivity index (χ1n) is 6.92. The lowest BCUT2D eigenvalue weighted by Crippen LogP contribution is -2.09. The lowest BCUT2D eigenvalue weighted by atomic mass is 10.1. The van der Waals surface area contributed by atoms with Crippen molar-refractivity contribution in [1.29, 1.82) is 0 Å². The summed E-state index contributed by atoms with van der Waals surface area (Å²) in [5.74, 6) is -0.301. The van der Waals surface area contributed by atoms with Gasteiger partial charge >= 0.3 is 0 Å². The van der Waals surface area contributed by atoms with Gasteiger partial charge in [0.15, 0.2) is 0 Å². The van der Waals surface area contributed by atoms with Gasteiger partial charge in [-0.1, -0.05) is 12.1 Å². The first kappa shape index (κ1) is 16.4. The standard InChI is InChI=1S/C17H20O4S/c1-9-6-11(3)17(14(18)7-9)22(20,21)16-12(4)8-10(2)15(19)13(16)5/h6-8,18-19H,1-5H3. The second-order valence-electron chi connectivity index (χ2n) is 5.75. The Morgan fingerprint density at radius 2 is 1.32 bits per heavy atom. The lowest BCUT2D eigenvalue weighted by Gasteiger charge is -2.16. The number of aryl methyl sites for hydroxylation is 4. The van der Waals surface area contributed by atoms with Crippen LogP contribution in [0.25, 0.3) is 0 Å². The largest absolute Gasteiger partial charge is 0.507 e. The van der Waals surface area contributed by atoms with Gasteiger partial charge in [-0.05, 0) is 62.9 Å². The summed E-state index contributed by atoms with van der Waals surface area (Å²) in [5.41, 5.74) is 2.74. The van der Waals surface area contributed by atoms with E-state index in [2.05, 4.69) is 0 Å². The molecule has 0 amide bonds. The van der Waals surface area contributed by atoms with Crippen LogP contribution in [0.2, 0.25) is 0 Å². The SMILES string of the molecule is Cc1cc(C)c(S(=O)(=O)c2c(C)cc(C)c(O)c2C)c(O)c1. The van der Waals surface area contributed by atoms with Crippen molar-refractivity contribution < 1.29 is 18.6 Å². The van der Waals surface area contributed by atoms with E-state index in [0.29, 0.717) is 22.3 Å². The van der Waals surface area contributed by atoms with E-state index in [0.717, 1.165) is 5.56 Å². The maximum absolute atomic E-state index is 13.0. The van der Waals surface area contributed by atoms with Crippen molar-refractivity contribution in [2.45, 2.75) is 44.4 Å². The maximum atomic E-state index is 13.0. The van der Waals surface area contributed by atoms with Crippen LogP contribution in [-0.4, -0.2) is 18.6 Å². The van der Waals surface area contributed by atoms with E-state index in [1.54, 1.807) is 46.8 Å². The van der Waals surface area contributed by atoms with E-state index in [-0.39, 0.29) is 21.3 Å². The zero-order valence-corrected chi connectivity index (χ0v) is 14.2. The van der Waals surface area contributed by atoms with Crippen LogP contribution in [0.5, 0.6) is 11.5 Å². The number of phenols is 2. The summed E-state index contributed by atoms with van der Waals surface area (Å²) >= 11 is 0. The Kier molecular flexibility index (Phi) is 3.96. The summed E-state index contributed by atoms with van der Waals surface area (Å²) in [6.07, 6.45) is 0. The van der Waals surface area contributed by atoms with Gasteiger partial charge in [0.2, 0.25) is 9.84 Å². The molecule has 0 fully saturated rings. The molecular formula is C17H20O4S. The molecule has 4 nitrogen and oxygen atoms in total. The quantitative estimate of drug-likeness (QED) is 0.888. The molecule has 0 spiro atoms. The van der Waals surface area contributed by atoms with E-state index >= 15 is 0 Å². The van der Waals surface area contributed by atoms with Crippen molar-refractivity contribution in [3.05, 3.63) is 46.0 Å². The number of rotatable bonds is 2. The molecule has 2 aromatic carbocycles. The number of phenolic OH excluding ortho intramolecular Hbond substituents is 2. The van der Waals surface area contributed by atoms with Gasteiger partial charge in [-0.2, -0.15) is 0 Å². The molecule has 0 saturated carbocycles. The van der Waals surface area contributed by atoms with Crippen LogP contribution in [0.15, 0.2) is 28.0 Å². The Balaban J connectivity index is 2.87. The van der Waals surface area contributed by atoms with Gasteiger partial charge in [0.05, 0.1) is 4.90 Å². The normalized spacial score (nSPS) is 11.7. The number of aromatic hydroxyl groups is 2. The van der Waals surface area contributed by atoms with E-state index in [1.807, 2.05) is 0 Å². The molecule has 0 unspecified atom stereocenters. The highest BCUT2D eigenvalue weighted by molar-refractivity contribution is 7.91. The number of benzene rings is 2. The van der Waals surface area contributed by atoms with Crippen molar-refractivity contribution in [1.82, 2.24) is 0 Å². The van der Waals surface area contributed by atoms with Crippen LogP contribution in [-0.2, 0) is 9.84 Å². The summed E-state index contributed by atoms with van der Waals surface area (Å²) in [6, 6.07) is 4.78. The molecule has 0 bridgehead atoms. The smallest absolute Gasteiger partial charge is 0.211 e. The van der Waals surface area contributed by atoms with E-state index < -0.39 is 9.84 Å². The van der Waals surface area contributed by atoms with Gasteiger partial charge in [-0.3, -0.25) is 0 Å². The lowest BCUT2D eigenvalue weighted by molar-refractivity contribution is 0.455. The zero-order valence-electron chi connectivity index (χ0n) is 13.4. The summed E-state index contributed by atoms with van der Waals surface area (Å²) in [6.45, 7) is 8.42. The summed E-state index contributed by atoms with van der Waals surface area (Å²) in [5, 5.41) is 20.2. The minimum Gasteiger partial charge on any atom is -0.507 e. The summed E-state index contributed by atoms with van der Waals surface area (Å²) < 4.78 is 26.0. The van der Waals surface area contributed by atoms with Gasteiger partial charge < -0.3 is 10.2 Å². The molecule has 2 rings (SSSR count). The highest BCUT2D eigenvalue weighted by Gasteiger charge is 2.29. The second-order valence-corrected chi connectivity index (χ2v) is 7.57. The molecule has 0 saturated heterocycles. The van der Waals surface area contributed by atoms with E-state index in [1.165, 1.54) is 6.07 Å². The first-order chi connectivity index (χ1) is 10.1. The van der Waals surface area contributed by atoms with Crippen LogP contribution in [0.4, 0.5) is 0 Å². The maximum Gasteiger partial charge on any atom is 0.211 e. The van der Waals surface area contributed by atoms with Crippen molar-refractivity contribution >= 4 is 9.84 Å². The predicted octanol–water partition coefficient (Wildman–Crippen LogP) is 3.47. The van der Waals surface area contributed by atoms with E-state index in [4.69, 9.17) is 0 Å². The Morgan fingerprint density at radius 1 is 0.773 bits per heavy atom. The third-order valence-electron chi connectivity index (χ3n) is 3.80. The minimum absolute atomic E-state index is 0.0339. The monoisotopic (exact) mass is 320 g/mol. The van der Waals surface area contributed by atoms with Gasteiger partial charge in [-0.15, -0.1) is 0 Å². The molecule has 0 aliphatic carbocycles. The van der Waals surface area contributed by atoms with Crippen LogP contribution in [0.1, 0.15) is 27.8 Å². The van der Waals surface area contributed by atoms with Crippen molar-refractivity contribution in [2.24, 2.45) is 0 Å². The fourth-order valence-electron chi connectivity index (χ4n) is 2.95. The summed E-state index contributed by atoms with van der Waals surface area (Å²) in [7, 11) is -3.93. The minimum atomic E-state index is -3.93. The number of hydrogen-bond donors (Lipinski definition) is 2. The molecule has 2 aromatic rings. The molecule has 0 heterocycles. The Labute approximate surface area is 131 Å². The number of sulfone groups is 1. The molecule has 0 aliphatic rings. The number of hydrogen-bond acceptors (Lipinski definition) is 4. The fraction of sp³-hybridized carbons (Fsp3) is 0.294. The predicted molar refractivity (Wildman–Crippen MR) is 85.4 cm³/mol. The van der Waals surface area contributed by atoms with Crippen LogP contribution < -0.4 is 0 Å². The highest BCUT2D eigenvalue weighted by atomic mass is 32.2. The van der Waals surface area contributed by atoms with Crippen molar-refractivity contribution in [3.8, 4) is 11.5 Å². The Morgan fingerprint density at radius 3 is 1.86 bits per heavy atom. The molecule has 0 aliphatic heterocycles. The molecule has 0 atom stereocenters. The molecule has 5 heteroatoms. The van der Waals surface area contributed by atoms with Crippen molar-refractivity contribution in [3.63, 3.8) is 0 Å². The Hall–Kier alpha value is -2.01. The van der Waals surface area contributed by atoms with Crippen molar-refractivity contribution in [2.75, 3.05) is 0 Å². The highest BCUT2D eigenvalue weighted by Crippen LogP contribution is 2.38. The molecule has 0 aromatic heterocycles. The van der Waals surface area contributed by atoms with Crippen LogP contribution in [0.3, 0.4) is 0 Å². The van der Waals surface area contributed by atoms with Gasteiger partial charge in [-0.25, -0.2) is 8.42 Å². The Bertz CT molecular complexity index is 842. The molecule has 0 radical (unpaired) electrons. The molecule has 2 N–H and O–H groups in total. The van der Waals surface area contributed by atoms with Gasteiger partial charge in [0.25, 0.3) is 0 Å². The fourth-order valence-corrected chi connectivity index (χ4v) is 4.96. The average Bonchev–Trinajstić information content (AvgIpc) is 2.33. The van der Waals surface area contributed by atoms with Crippen LogP contribution >= 0.6 is 0 Å². The van der Waals surface area contributed by atoms with Gasteiger partial charge in [0, 0.05) is 5.56 Å². The van der Waals surface area contributed by atoms with E-state index in [9.17, 15) is 18.6 Å². The van der Waals surface area contributed by atoms with Gasteiger partial charge in [0.1, 0.15) is 16.4 Å². The third-order valence-corrected chi connectivity index (χ3v) is 6.03. The third kappa shape index (κ3) is 2.46. The van der Waals surface area contributed by atoms with Crippen LogP contribution in [0, 0.1) is 34.6 Å². The first-order valence-corrected chi connectivity index (χ1v) is 8.40. The average molecular weight is 320 g/mol.